The van der Waals surface area contributed by atoms with Crippen molar-refractivity contribution in [3.8, 4) is 0 Å². The number of ether oxygens (including phenoxy) is 1. The van der Waals surface area contributed by atoms with Crippen molar-refractivity contribution in [3.05, 3.63) is 11.6 Å². The molecule has 0 unspecified atom stereocenters. The molecule has 0 aromatic heterocycles. The van der Waals surface area contributed by atoms with E-state index in [0.29, 0.717) is 30.3 Å². The van der Waals surface area contributed by atoms with Crippen molar-refractivity contribution in [3.63, 3.8) is 0 Å². The van der Waals surface area contributed by atoms with Gasteiger partial charge in [0.2, 0.25) is 0 Å². The number of fused-ring (bicyclic) bond motifs is 1. The van der Waals surface area contributed by atoms with Gasteiger partial charge in [0.1, 0.15) is 6.61 Å². The number of allylic oxidation sites excluding steroid dienone is 1. The maximum atomic E-state index is 11.0. The van der Waals surface area contributed by atoms with Crippen LogP contribution in [0.2, 0.25) is 0 Å². The van der Waals surface area contributed by atoms with Crippen molar-refractivity contribution in [2.75, 3.05) is 6.61 Å². The molecule has 0 aliphatic heterocycles. The van der Waals surface area contributed by atoms with Crippen molar-refractivity contribution >= 4 is 5.97 Å². The fourth-order valence-electron chi connectivity index (χ4n) is 4.08. The van der Waals surface area contributed by atoms with Crippen LogP contribution in [0.1, 0.15) is 53.4 Å². The molecule has 2 aliphatic rings. The van der Waals surface area contributed by atoms with Crippen LogP contribution >= 0.6 is 0 Å². The maximum absolute atomic E-state index is 11.0. The van der Waals surface area contributed by atoms with E-state index in [9.17, 15) is 9.90 Å². The van der Waals surface area contributed by atoms with Gasteiger partial charge in [0.05, 0.1) is 5.60 Å². The fraction of sp³-hybridized carbons (Fsp3) is 0.824. The van der Waals surface area contributed by atoms with Gasteiger partial charge in [-0.2, -0.15) is 0 Å². The van der Waals surface area contributed by atoms with E-state index in [1.807, 2.05) is 6.92 Å². The largest absolute Gasteiger partial charge is 0.461 e. The van der Waals surface area contributed by atoms with Crippen molar-refractivity contribution < 1.29 is 14.6 Å². The van der Waals surface area contributed by atoms with Crippen molar-refractivity contribution in [2.45, 2.75) is 59.0 Å². The molecule has 20 heavy (non-hydrogen) atoms. The average molecular weight is 280 g/mol. The molecule has 0 radical (unpaired) electrons. The lowest BCUT2D eigenvalue weighted by atomic mass is 9.58. The number of rotatable bonds is 3. The lowest BCUT2D eigenvalue weighted by molar-refractivity contribution is -0.140. The summed E-state index contributed by atoms with van der Waals surface area (Å²) in [6.45, 7) is 8.41. The summed E-state index contributed by atoms with van der Waals surface area (Å²) < 4.78 is 5.14. The molecule has 1 N–H and O–H groups in total. The minimum absolute atomic E-state index is 0.218. The van der Waals surface area contributed by atoms with Gasteiger partial charge in [-0.3, -0.25) is 4.79 Å². The summed E-state index contributed by atoms with van der Waals surface area (Å²) in [5, 5.41) is 10.7. The summed E-state index contributed by atoms with van der Waals surface area (Å²) in [7, 11) is 0. The smallest absolute Gasteiger partial charge is 0.302 e. The SMILES string of the molecule is CC(=O)OCC1=C[C@H]2[C@H](C(C)C)CC[C@](C)(O)[C@H]2CC1. The zero-order chi connectivity index (χ0) is 14.9. The summed E-state index contributed by atoms with van der Waals surface area (Å²) in [4.78, 5) is 11.0. The first kappa shape index (κ1) is 15.6. The number of hydrogen-bond acceptors (Lipinski definition) is 3. The zero-order valence-corrected chi connectivity index (χ0v) is 13.2. The van der Waals surface area contributed by atoms with Gasteiger partial charge in [0.25, 0.3) is 0 Å². The van der Waals surface area contributed by atoms with Crippen LogP contribution in [0.15, 0.2) is 11.6 Å². The summed E-state index contributed by atoms with van der Waals surface area (Å²) in [6.07, 6.45) is 6.24. The first-order valence-corrected chi connectivity index (χ1v) is 7.86. The second-order valence-electron chi connectivity index (χ2n) is 7.13. The quantitative estimate of drug-likeness (QED) is 0.637. The van der Waals surface area contributed by atoms with Crippen LogP contribution in [0.4, 0.5) is 0 Å². The van der Waals surface area contributed by atoms with E-state index in [-0.39, 0.29) is 5.97 Å². The molecule has 2 rings (SSSR count). The van der Waals surface area contributed by atoms with Crippen LogP contribution in [-0.2, 0) is 9.53 Å². The Hall–Kier alpha value is -0.830. The van der Waals surface area contributed by atoms with E-state index in [2.05, 4.69) is 19.9 Å². The van der Waals surface area contributed by atoms with Gasteiger partial charge in [-0.1, -0.05) is 19.9 Å². The van der Waals surface area contributed by atoms with E-state index in [0.717, 1.165) is 25.7 Å². The molecule has 3 nitrogen and oxygen atoms in total. The third-order valence-electron chi connectivity index (χ3n) is 5.26. The van der Waals surface area contributed by atoms with Crippen molar-refractivity contribution in [1.29, 1.82) is 0 Å². The minimum atomic E-state index is -0.542. The molecule has 0 bridgehead atoms. The van der Waals surface area contributed by atoms with E-state index in [4.69, 9.17) is 4.74 Å². The summed E-state index contributed by atoms with van der Waals surface area (Å²) in [5.41, 5.74) is 0.685. The second kappa shape index (κ2) is 5.88. The molecule has 2 aliphatic carbocycles. The Labute approximate surface area is 122 Å². The van der Waals surface area contributed by atoms with Gasteiger partial charge in [-0.15, -0.1) is 0 Å². The highest BCUT2D eigenvalue weighted by Crippen LogP contribution is 2.49. The standard InChI is InChI=1S/C17H28O3/c1-11(2)14-7-8-17(4,19)16-6-5-13(9-15(14)16)10-20-12(3)18/h9,11,14-16,19H,5-8,10H2,1-4H3/t14-,15-,16-,17-/m0/s1. The molecule has 3 heteroatoms. The lowest BCUT2D eigenvalue weighted by Crippen LogP contribution is -2.48. The maximum Gasteiger partial charge on any atom is 0.302 e. The molecule has 0 heterocycles. The van der Waals surface area contributed by atoms with Gasteiger partial charge in [-0.25, -0.2) is 0 Å². The topological polar surface area (TPSA) is 46.5 Å². The van der Waals surface area contributed by atoms with Crippen molar-refractivity contribution in [2.24, 2.45) is 23.7 Å². The summed E-state index contributed by atoms with van der Waals surface area (Å²) in [6, 6.07) is 0. The predicted molar refractivity (Wildman–Crippen MR) is 79.1 cm³/mol. The minimum Gasteiger partial charge on any atom is -0.461 e. The van der Waals surface area contributed by atoms with Crippen LogP contribution in [0, 0.1) is 23.7 Å². The van der Waals surface area contributed by atoms with Crippen molar-refractivity contribution in [1.82, 2.24) is 0 Å². The summed E-state index contributed by atoms with van der Waals surface area (Å²) in [5.74, 6) is 1.82. The Morgan fingerprint density at radius 3 is 2.80 bits per heavy atom. The zero-order valence-electron chi connectivity index (χ0n) is 13.2. The molecular formula is C17H28O3. The van der Waals surface area contributed by atoms with Gasteiger partial charge < -0.3 is 9.84 Å². The Morgan fingerprint density at radius 2 is 2.20 bits per heavy atom. The van der Waals surface area contributed by atoms with Gasteiger partial charge in [0.15, 0.2) is 0 Å². The highest BCUT2D eigenvalue weighted by atomic mass is 16.5. The van der Waals surface area contributed by atoms with Crippen LogP contribution in [0.5, 0.6) is 0 Å². The Kier molecular flexibility index (Phi) is 4.58. The Balaban J connectivity index is 2.17. The van der Waals surface area contributed by atoms with Gasteiger partial charge >= 0.3 is 5.97 Å². The Bertz CT molecular complexity index is 395. The predicted octanol–water partition coefficient (Wildman–Crippen LogP) is 3.32. The molecule has 0 aromatic carbocycles. The molecule has 114 valence electrons. The van der Waals surface area contributed by atoms with Crippen LogP contribution in [-0.4, -0.2) is 23.3 Å². The Morgan fingerprint density at radius 1 is 1.50 bits per heavy atom. The molecule has 0 spiro atoms. The average Bonchev–Trinajstić information content (AvgIpc) is 2.35. The van der Waals surface area contributed by atoms with E-state index < -0.39 is 5.60 Å². The first-order valence-electron chi connectivity index (χ1n) is 7.86. The molecule has 0 aromatic rings. The van der Waals surface area contributed by atoms with Crippen LogP contribution in [0.25, 0.3) is 0 Å². The number of hydrogen-bond donors (Lipinski definition) is 1. The highest BCUT2D eigenvalue weighted by Gasteiger charge is 2.46. The van der Waals surface area contributed by atoms with Gasteiger partial charge in [0, 0.05) is 6.92 Å². The first-order chi connectivity index (χ1) is 9.31. The number of esters is 1. The van der Waals surface area contributed by atoms with Crippen LogP contribution in [0.3, 0.4) is 0 Å². The highest BCUT2D eigenvalue weighted by molar-refractivity contribution is 5.66. The molecule has 1 saturated carbocycles. The van der Waals surface area contributed by atoms with Gasteiger partial charge in [-0.05, 0) is 61.9 Å². The summed E-state index contributed by atoms with van der Waals surface area (Å²) >= 11 is 0. The number of carbonyl (C=O) groups excluding carboxylic acids is 1. The second-order valence-corrected chi connectivity index (χ2v) is 7.13. The number of aliphatic hydroxyl groups is 1. The number of carbonyl (C=O) groups is 1. The molecule has 0 amide bonds. The molecule has 4 atom stereocenters. The molecule has 0 saturated heterocycles. The third kappa shape index (κ3) is 3.25. The monoisotopic (exact) mass is 280 g/mol. The fourth-order valence-corrected chi connectivity index (χ4v) is 4.08. The molecular weight excluding hydrogens is 252 g/mol. The van der Waals surface area contributed by atoms with E-state index in [1.165, 1.54) is 12.5 Å². The third-order valence-corrected chi connectivity index (χ3v) is 5.26. The van der Waals surface area contributed by atoms with E-state index >= 15 is 0 Å². The van der Waals surface area contributed by atoms with Crippen LogP contribution < -0.4 is 0 Å². The lowest BCUT2D eigenvalue weighted by Gasteiger charge is -2.49. The van der Waals surface area contributed by atoms with E-state index in [1.54, 1.807) is 0 Å². The normalized spacial score (nSPS) is 37.3. The molecule has 1 fully saturated rings.